The number of likely N-dealkylation sites (tertiary alicyclic amines) is 1. The molecule has 4 aromatic rings. The molecule has 1 aliphatic rings. The average Bonchev–Trinajstić information content (AvgIpc) is 3.40. The third-order valence-electron chi connectivity index (χ3n) is 6.32. The minimum atomic E-state index is -0.545. The summed E-state index contributed by atoms with van der Waals surface area (Å²) in [6.07, 6.45) is 8.22. The molecule has 1 saturated heterocycles. The molecular weight excluding hydrogens is 388 g/mol. The largest absolute Gasteiger partial charge is 0.361 e. The number of nitrogens with one attached hydrogen (secondary N) is 3. The molecule has 7 heteroatoms. The fourth-order valence-electron chi connectivity index (χ4n) is 4.56. The number of aromatic nitrogens is 3. The van der Waals surface area contributed by atoms with Crippen LogP contribution in [0.2, 0.25) is 0 Å². The number of carbonyl (C=O) groups excluding carboxylic acids is 1. The van der Waals surface area contributed by atoms with Crippen LogP contribution in [0.25, 0.3) is 21.9 Å². The van der Waals surface area contributed by atoms with Crippen molar-refractivity contribution in [1.29, 1.82) is 0 Å². The van der Waals surface area contributed by atoms with Crippen LogP contribution in [-0.4, -0.2) is 50.9 Å². The summed E-state index contributed by atoms with van der Waals surface area (Å²) in [5.41, 5.74) is 10.6. The Morgan fingerprint density at radius 1 is 1.10 bits per heavy atom. The second kappa shape index (κ2) is 8.53. The molecule has 7 nitrogen and oxygen atoms in total. The Balaban J connectivity index is 1.13. The number of amides is 1. The predicted molar refractivity (Wildman–Crippen MR) is 123 cm³/mol. The van der Waals surface area contributed by atoms with E-state index in [-0.39, 0.29) is 11.9 Å². The number of fused-ring (bicyclic) bond motifs is 2. The van der Waals surface area contributed by atoms with Crippen molar-refractivity contribution in [2.45, 2.75) is 37.9 Å². The number of H-pyrrole nitrogens is 2. The summed E-state index contributed by atoms with van der Waals surface area (Å²) < 4.78 is 0. The Hall–Kier alpha value is -3.16. The van der Waals surface area contributed by atoms with E-state index in [1.165, 1.54) is 10.9 Å². The summed E-state index contributed by atoms with van der Waals surface area (Å²) in [4.78, 5) is 26.0. The van der Waals surface area contributed by atoms with Crippen molar-refractivity contribution < 1.29 is 4.79 Å². The molecule has 5 rings (SSSR count). The van der Waals surface area contributed by atoms with E-state index in [9.17, 15) is 4.79 Å². The molecule has 0 unspecified atom stereocenters. The van der Waals surface area contributed by atoms with Crippen LogP contribution in [0.3, 0.4) is 0 Å². The van der Waals surface area contributed by atoms with E-state index in [4.69, 9.17) is 5.73 Å². The maximum Gasteiger partial charge on any atom is 0.237 e. The van der Waals surface area contributed by atoms with Gasteiger partial charge in [0.1, 0.15) is 5.65 Å². The molecule has 1 aliphatic heterocycles. The number of hydrogen-bond acceptors (Lipinski definition) is 4. The molecule has 4 heterocycles. The second-order valence-electron chi connectivity index (χ2n) is 8.44. The average molecular weight is 417 g/mol. The van der Waals surface area contributed by atoms with Gasteiger partial charge in [-0.1, -0.05) is 18.2 Å². The Bertz CT molecular complexity index is 1190. The molecule has 1 aromatic carbocycles. The summed E-state index contributed by atoms with van der Waals surface area (Å²) in [6.45, 7) is 2.80. The Morgan fingerprint density at radius 2 is 1.87 bits per heavy atom. The minimum Gasteiger partial charge on any atom is -0.361 e. The molecular formula is C24H28N6O. The number of para-hydroxylation sites is 1. The topological polar surface area (TPSA) is 103 Å². The van der Waals surface area contributed by atoms with Gasteiger partial charge < -0.3 is 21.0 Å². The van der Waals surface area contributed by atoms with Gasteiger partial charge in [-0.25, -0.2) is 4.98 Å². The highest BCUT2D eigenvalue weighted by molar-refractivity contribution is 5.86. The normalized spacial score (nSPS) is 16.7. The van der Waals surface area contributed by atoms with E-state index in [0.717, 1.165) is 54.6 Å². The van der Waals surface area contributed by atoms with Crippen LogP contribution in [0.5, 0.6) is 0 Å². The first-order chi connectivity index (χ1) is 15.2. The van der Waals surface area contributed by atoms with Crippen LogP contribution < -0.4 is 11.1 Å². The smallest absolute Gasteiger partial charge is 0.237 e. The third kappa shape index (κ3) is 4.19. The molecule has 160 valence electrons. The maximum absolute atomic E-state index is 12.7. The van der Waals surface area contributed by atoms with Crippen molar-refractivity contribution in [3.8, 4) is 0 Å². The Labute approximate surface area is 181 Å². The van der Waals surface area contributed by atoms with E-state index < -0.39 is 6.04 Å². The molecule has 1 atom stereocenters. The van der Waals surface area contributed by atoms with Crippen molar-refractivity contribution in [1.82, 2.24) is 25.2 Å². The van der Waals surface area contributed by atoms with Gasteiger partial charge in [0, 0.05) is 60.6 Å². The summed E-state index contributed by atoms with van der Waals surface area (Å²) in [5, 5.41) is 5.48. The first-order valence-corrected chi connectivity index (χ1v) is 10.9. The maximum atomic E-state index is 12.7. The first kappa shape index (κ1) is 19.8. The molecule has 1 amide bonds. The monoisotopic (exact) mass is 416 g/mol. The van der Waals surface area contributed by atoms with Crippen LogP contribution in [-0.2, 0) is 17.8 Å². The van der Waals surface area contributed by atoms with Gasteiger partial charge in [-0.2, -0.15) is 0 Å². The Kier molecular flexibility index (Phi) is 5.44. The van der Waals surface area contributed by atoms with Crippen LogP contribution in [0.1, 0.15) is 24.0 Å². The van der Waals surface area contributed by atoms with Gasteiger partial charge >= 0.3 is 0 Å². The Morgan fingerprint density at radius 3 is 2.74 bits per heavy atom. The summed E-state index contributed by atoms with van der Waals surface area (Å²) in [7, 11) is 0. The molecule has 3 aromatic heterocycles. The first-order valence-electron chi connectivity index (χ1n) is 10.9. The number of benzene rings is 1. The molecule has 0 saturated carbocycles. The number of hydrogen-bond donors (Lipinski definition) is 4. The van der Waals surface area contributed by atoms with Gasteiger partial charge in [0.2, 0.25) is 5.91 Å². The highest BCUT2D eigenvalue weighted by Crippen LogP contribution is 2.21. The highest BCUT2D eigenvalue weighted by Gasteiger charge is 2.24. The second-order valence-corrected chi connectivity index (χ2v) is 8.44. The van der Waals surface area contributed by atoms with E-state index in [0.29, 0.717) is 6.42 Å². The zero-order valence-corrected chi connectivity index (χ0v) is 17.5. The molecule has 31 heavy (non-hydrogen) atoms. The minimum absolute atomic E-state index is 0.0635. The number of rotatable bonds is 6. The number of piperidine rings is 1. The molecule has 0 radical (unpaired) electrons. The van der Waals surface area contributed by atoms with Gasteiger partial charge in [-0.15, -0.1) is 0 Å². The third-order valence-corrected chi connectivity index (χ3v) is 6.32. The number of carbonyl (C=O) groups is 1. The number of pyridine rings is 1. The highest BCUT2D eigenvalue weighted by atomic mass is 16.2. The van der Waals surface area contributed by atoms with Crippen molar-refractivity contribution in [3.05, 3.63) is 66.1 Å². The molecule has 0 aliphatic carbocycles. The fraction of sp³-hybridized carbons (Fsp3) is 0.333. The van der Waals surface area contributed by atoms with Gasteiger partial charge in [0.15, 0.2) is 0 Å². The van der Waals surface area contributed by atoms with Gasteiger partial charge in [0.25, 0.3) is 0 Å². The number of nitrogens with two attached hydrogens (primary N) is 1. The lowest BCUT2D eigenvalue weighted by atomic mass is 10.0. The van der Waals surface area contributed by atoms with Crippen molar-refractivity contribution in [3.63, 3.8) is 0 Å². The summed E-state index contributed by atoms with van der Waals surface area (Å²) in [6, 6.07) is 11.8. The molecule has 0 bridgehead atoms. The zero-order chi connectivity index (χ0) is 21.2. The van der Waals surface area contributed by atoms with E-state index in [2.05, 4.69) is 43.5 Å². The van der Waals surface area contributed by atoms with Gasteiger partial charge in [-0.05, 0) is 48.6 Å². The van der Waals surface area contributed by atoms with Gasteiger partial charge in [0.05, 0.1) is 6.04 Å². The molecule has 0 spiro atoms. The lowest BCUT2D eigenvalue weighted by Gasteiger charge is -2.32. The van der Waals surface area contributed by atoms with Crippen molar-refractivity contribution in [2.24, 2.45) is 5.73 Å². The lowest BCUT2D eigenvalue weighted by Crippen LogP contribution is -2.50. The van der Waals surface area contributed by atoms with Crippen LogP contribution in [0, 0.1) is 0 Å². The predicted octanol–water partition coefficient (Wildman–Crippen LogP) is 2.69. The van der Waals surface area contributed by atoms with Gasteiger partial charge in [-0.3, -0.25) is 9.69 Å². The summed E-state index contributed by atoms with van der Waals surface area (Å²) in [5.74, 6) is -0.0635. The quantitative estimate of drug-likeness (QED) is 0.388. The number of nitrogens with zero attached hydrogens (tertiary/aromatic N) is 2. The standard InChI is InChI=1S/C24H28N6O/c25-21(12-16-13-27-22-6-2-1-4-19(16)22)24(31)29-18-7-10-30(11-8-18)15-17-14-28-23-20(17)5-3-9-26-23/h1-6,9,13-14,18,21,27H,7-8,10-12,15,25H2,(H,26,28)(H,29,31)/t21-/m0/s1. The fourth-order valence-corrected chi connectivity index (χ4v) is 4.56. The van der Waals surface area contributed by atoms with Crippen LogP contribution in [0.4, 0.5) is 0 Å². The molecule has 5 N–H and O–H groups in total. The van der Waals surface area contributed by atoms with E-state index in [1.54, 1.807) is 6.20 Å². The lowest BCUT2D eigenvalue weighted by molar-refractivity contribution is -0.123. The van der Waals surface area contributed by atoms with Crippen molar-refractivity contribution >= 4 is 27.8 Å². The van der Waals surface area contributed by atoms with E-state index in [1.807, 2.05) is 30.5 Å². The molecule has 1 fully saturated rings. The SMILES string of the molecule is N[C@@H](Cc1c[nH]c2ccccc12)C(=O)NC1CCN(Cc2c[nH]c3ncccc23)CC1. The van der Waals surface area contributed by atoms with Crippen molar-refractivity contribution in [2.75, 3.05) is 13.1 Å². The summed E-state index contributed by atoms with van der Waals surface area (Å²) >= 11 is 0. The zero-order valence-electron chi connectivity index (χ0n) is 17.5. The van der Waals surface area contributed by atoms with Crippen LogP contribution in [0.15, 0.2) is 55.0 Å². The van der Waals surface area contributed by atoms with E-state index >= 15 is 0 Å². The van der Waals surface area contributed by atoms with Crippen LogP contribution >= 0.6 is 0 Å². The number of aromatic amines is 2.